The predicted octanol–water partition coefficient (Wildman–Crippen LogP) is 3.55. The van der Waals surface area contributed by atoms with Crippen molar-refractivity contribution in [3.05, 3.63) is 71.6 Å². The van der Waals surface area contributed by atoms with Crippen LogP contribution in [0.1, 0.15) is 24.1 Å². The van der Waals surface area contributed by atoms with Gasteiger partial charge in [0, 0.05) is 24.9 Å². The van der Waals surface area contributed by atoms with Gasteiger partial charge in [-0.3, -0.25) is 4.79 Å². The van der Waals surface area contributed by atoms with Crippen molar-refractivity contribution < 1.29 is 13.9 Å². The third-order valence-electron chi connectivity index (χ3n) is 4.38. The Hall–Kier alpha value is -2.66. The van der Waals surface area contributed by atoms with E-state index >= 15 is 0 Å². The first-order chi connectivity index (χ1) is 12.6. The SMILES string of the molecule is CC(NC(=O)/C=C/c1cccc(F)c1)c1cccc(N2CCOCC2)c1. The summed E-state index contributed by atoms with van der Waals surface area (Å²) in [6.07, 6.45) is 3.03. The summed E-state index contributed by atoms with van der Waals surface area (Å²) in [6, 6.07) is 14.2. The van der Waals surface area contributed by atoms with E-state index in [2.05, 4.69) is 22.3 Å². The Kier molecular flexibility index (Phi) is 6.02. The second-order valence-electron chi connectivity index (χ2n) is 6.31. The Morgan fingerprint density at radius 2 is 1.96 bits per heavy atom. The van der Waals surface area contributed by atoms with Crippen LogP contribution in [0.3, 0.4) is 0 Å². The molecule has 0 saturated carbocycles. The normalized spacial score (nSPS) is 15.8. The van der Waals surface area contributed by atoms with E-state index in [9.17, 15) is 9.18 Å². The maximum atomic E-state index is 13.2. The molecule has 2 aromatic rings. The minimum Gasteiger partial charge on any atom is -0.378 e. The number of carbonyl (C=O) groups excluding carboxylic acids is 1. The zero-order chi connectivity index (χ0) is 18.4. The molecule has 0 aromatic heterocycles. The van der Waals surface area contributed by atoms with Gasteiger partial charge >= 0.3 is 0 Å². The molecule has 26 heavy (non-hydrogen) atoms. The van der Waals surface area contributed by atoms with Crippen LogP contribution in [0.4, 0.5) is 10.1 Å². The van der Waals surface area contributed by atoms with Gasteiger partial charge in [0.05, 0.1) is 19.3 Å². The van der Waals surface area contributed by atoms with Gasteiger partial charge in [0.1, 0.15) is 5.82 Å². The largest absolute Gasteiger partial charge is 0.378 e. The van der Waals surface area contributed by atoms with Crippen molar-refractivity contribution in [2.75, 3.05) is 31.2 Å². The molecule has 1 atom stereocenters. The van der Waals surface area contributed by atoms with Gasteiger partial charge in [0.25, 0.3) is 0 Å². The van der Waals surface area contributed by atoms with Crippen LogP contribution in [0.15, 0.2) is 54.6 Å². The molecule has 3 rings (SSSR count). The van der Waals surface area contributed by atoms with Gasteiger partial charge < -0.3 is 15.0 Å². The number of carbonyl (C=O) groups is 1. The lowest BCUT2D eigenvalue weighted by molar-refractivity contribution is -0.117. The molecule has 1 amide bonds. The van der Waals surface area contributed by atoms with E-state index in [1.54, 1.807) is 18.2 Å². The molecule has 1 aliphatic rings. The zero-order valence-corrected chi connectivity index (χ0v) is 14.8. The van der Waals surface area contributed by atoms with Crippen LogP contribution < -0.4 is 10.2 Å². The number of halogens is 1. The maximum Gasteiger partial charge on any atom is 0.244 e. The highest BCUT2D eigenvalue weighted by molar-refractivity contribution is 5.92. The van der Waals surface area contributed by atoms with Gasteiger partial charge in [-0.05, 0) is 48.4 Å². The zero-order valence-electron chi connectivity index (χ0n) is 14.8. The quantitative estimate of drug-likeness (QED) is 0.835. The van der Waals surface area contributed by atoms with E-state index in [-0.39, 0.29) is 17.8 Å². The molecular weight excluding hydrogens is 331 g/mol. The number of nitrogens with zero attached hydrogens (tertiary/aromatic N) is 1. The van der Waals surface area contributed by atoms with Crippen LogP contribution in [0.2, 0.25) is 0 Å². The lowest BCUT2D eigenvalue weighted by Crippen LogP contribution is -2.36. The number of nitrogens with one attached hydrogen (secondary N) is 1. The summed E-state index contributed by atoms with van der Waals surface area (Å²) in [6.45, 7) is 5.18. The smallest absolute Gasteiger partial charge is 0.244 e. The standard InChI is InChI=1S/C21H23FN2O2/c1-16(23-21(25)9-8-17-4-2-6-19(22)14-17)18-5-3-7-20(15-18)24-10-12-26-13-11-24/h2-9,14-16H,10-13H2,1H3,(H,23,25)/b9-8+. The fourth-order valence-corrected chi connectivity index (χ4v) is 2.94. The summed E-state index contributed by atoms with van der Waals surface area (Å²) in [5.41, 5.74) is 2.84. The average molecular weight is 354 g/mol. The first-order valence-corrected chi connectivity index (χ1v) is 8.78. The molecular formula is C21H23FN2O2. The van der Waals surface area contributed by atoms with Crippen molar-refractivity contribution in [2.45, 2.75) is 13.0 Å². The molecule has 1 heterocycles. The van der Waals surface area contributed by atoms with Crippen molar-refractivity contribution in [1.82, 2.24) is 5.32 Å². The van der Waals surface area contributed by atoms with Gasteiger partial charge in [-0.15, -0.1) is 0 Å². The Labute approximate surface area is 153 Å². The number of morpholine rings is 1. The molecule has 0 spiro atoms. The summed E-state index contributed by atoms with van der Waals surface area (Å²) in [5, 5.41) is 2.95. The van der Waals surface area contributed by atoms with Crippen LogP contribution in [0, 0.1) is 5.82 Å². The highest BCUT2D eigenvalue weighted by Gasteiger charge is 2.13. The summed E-state index contributed by atoms with van der Waals surface area (Å²) < 4.78 is 18.6. The maximum absolute atomic E-state index is 13.2. The second-order valence-corrected chi connectivity index (χ2v) is 6.31. The number of amides is 1. The van der Waals surface area contributed by atoms with E-state index in [1.165, 1.54) is 18.2 Å². The monoisotopic (exact) mass is 354 g/mol. The molecule has 1 aliphatic heterocycles. The molecule has 2 aromatic carbocycles. The Bertz CT molecular complexity index is 785. The first-order valence-electron chi connectivity index (χ1n) is 8.78. The van der Waals surface area contributed by atoms with Gasteiger partial charge in [-0.2, -0.15) is 0 Å². The van der Waals surface area contributed by atoms with E-state index < -0.39 is 0 Å². The molecule has 1 unspecified atom stereocenters. The molecule has 0 aliphatic carbocycles. The molecule has 1 saturated heterocycles. The van der Waals surface area contributed by atoms with E-state index in [0.717, 1.165) is 37.6 Å². The fourth-order valence-electron chi connectivity index (χ4n) is 2.94. The summed E-state index contributed by atoms with van der Waals surface area (Å²) in [4.78, 5) is 14.4. The summed E-state index contributed by atoms with van der Waals surface area (Å²) in [5.74, 6) is -0.528. The van der Waals surface area contributed by atoms with Gasteiger partial charge in [-0.25, -0.2) is 4.39 Å². The topological polar surface area (TPSA) is 41.6 Å². The average Bonchev–Trinajstić information content (AvgIpc) is 2.67. The van der Waals surface area contributed by atoms with Crippen LogP contribution in [0.5, 0.6) is 0 Å². The van der Waals surface area contributed by atoms with Crippen molar-refractivity contribution in [3.8, 4) is 0 Å². The van der Waals surface area contributed by atoms with Crippen LogP contribution >= 0.6 is 0 Å². The van der Waals surface area contributed by atoms with Gasteiger partial charge in [0.2, 0.25) is 5.91 Å². The van der Waals surface area contributed by atoms with Crippen molar-refractivity contribution in [1.29, 1.82) is 0 Å². The summed E-state index contributed by atoms with van der Waals surface area (Å²) >= 11 is 0. The Morgan fingerprint density at radius 1 is 1.19 bits per heavy atom. The number of benzene rings is 2. The summed E-state index contributed by atoms with van der Waals surface area (Å²) in [7, 11) is 0. The third-order valence-corrected chi connectivity index (χ3v) is 4.38. The Balaban J connectivity index is 1.62. The van der Waals surface area contributed by atoms with E-state index in [4.69, 9.17) is 4.74 Å². The first kappa shape index (κ1) is 18.1. The molecule has 0 radical (unpaired) electrons. The minimum atomic E-state index is -0.319. The molecule has 4 nitrogen and oxygen atoms in total. The van der Waals surface area contributed by atoms with Gasteiger partial charge in [0.15, 0.2) is 0 Å². The van der Waals surface area contributed by atoms with E-state index in [0.29, 0.717) is 5.56 Å². The lowest BCUT2D eigenvalue weighted by atomic mass is 10.1. The van der Waals surface area contributed by atoms with Crippen LogP contribution in [0.25, 0.3) is 6.08 Å². The lowest BCUT2D eigenvalue weighted by Gasteiger charge is -2.29. The Morgan fingerprint density at radius 3 is 2.73 bits per heavy atom. The minimum absolute atomic E-state index is 0.124. The van der Waals surface area contributed by atoms with Gasteiger partial charge in [-0.1, -0.05) is 24.3 Å². The third kappa shape index (κ3) is 4.92. The van der Waals surface area contributed by atoms with Crippen molar-refractivity contribution >= 4 is 17.7 Å². The molecule has 0 bridgehead atoms. The van der Waals surface area contributed by atoms with Crippen molar-refractivity contribution in [3.63, 3.8) is 0 Å². The molecule has 5 heteroatoms. The van der Waals surface area contributed by atoms with E-state index in [1.807, 2.05) is 19.1 Å². The fraction of sp³-hybridized carbons (Fsp3) is 0.286. The second kappa shape index (κ2) is 8.63. The van der Waals surface area contributed by atoms with Crippen LogP contribution in [-0.2, 0) is 9.53 Å². The molecule has 136 valence electrons. The predicted molar refractivity (Wildman–Crippen MR) is 101 cm³/mol. The number of rotatable bonds is 5. The number of ether oxygens (including phenoxy) is 1. The highest BCUT2D eigenvalue weighted by atomic mass is 19.1. The number of hydrogen-bond donors (Lipinski definition) is 1. The number of hydrogen-bond acceptors (Lipinski definition) is 3. The van der Waals surface area contributed by atoms with Crippen molar-refractivity contribution in [2.24, 2.45) is 0 Å². The molecule has 1 fully saturated rings. The molecule has 1 N–H and O–H groups in total. The number of anilines is 1. The van der Waals surface area contributed by atoms with Crippen LogP contribution in [-0.4, -0.2) is 32.2 Å². The highest BCUT2D eigenvalue weighted by Crippen LogP contribution is 2.21.